The quantitative estimate of drug-likeness (QED) is 0.868. The number of amides is 2. The summed E-state index contributed by atoms with van der Waals surface area (Å²) in [5, 5.41) is 3.54. The minimum Gasteiger partial charge on any atom is -0.454 e. The van der Waals surface area contributed by atoms with Crippen LogP contribution in [0.15, 0.2) is 36.4 Å². The van der Waals surface area contributed by atoms with Crippen molar-refractivity contribution < 1.29 is 14.3 Å². The van der Waals surface area contributed by atoms with Gasteiger partial charge in [0.25, 0.3) is 0 Å². The van der Waals surface area contributed by atoms with Gasteiger partial charge in [0.05, 0.1) is 0 Å². The summed E-state index contributed by atoms with van der Waals surface area (Å²) in [4.78, 5) is 14.2. The topological polar surface area (TPSA) is 50.8 Å². The van der Waals surface area contributed by atoms with Gasteiger partial charge in [0.15, 0.2) is 11.5 Å². The molecule has 0 aliphatic carbocycles. The maximum absolute atomic E-state index is 12.4. The summed E-state index contributed by atoms with van der Waals surface area (Å²) in [7, 11) is 0. The zero-order valence-electron chi connectivity index (χ0n) is 12.3. The number of nitrogens with one attached hydrogen (secondary N) is 1. The van der Waals surface area contributed by atoms with Gasteiger partial charge in [-0.15, -0.1) is 0 Å². The first-order chi connectivity index (χ1) is 11.2. The van der Waals surface area contributed by atoms with Crippen LogP contribution in [-0.4, -0.2) is 24.3 Å². The molecule has 23 heavy (non-hydrogen) atoms. The van der Waals surface area contributed by atoms with Crippen molar-refractivity contribution in [2.45, 2.75) is 13.0 Å². The predicted molar refractivity (Wildman–Crippen MR) is 87.1 cm³/mol. The molecule has 2 amide bonds. The average molecular weight is 331 g/mol. The lowest BCUT2D eigenvalue weighted by molar-refractivity contribution is 0.174. The molecule has 0 spiro atoms. The van der Waals surface area contributed by atoms with Crippen molar-refractivity contribution in [3.05, 3.63) is 52.5 Å². The summed E-state index contributed by atoms with van der Waals surface area (Å²) in [5.41, 5.74) is 3.05. The monoisotopic (exact) mass is 330 g/mol. The van der Waals surface area contributed by atoms with Crippen LogP contribution in [0.1, 0.15) is 11.1 Å². The maximum Gasteiger partial charge on any atom is 0.322 e. The van der Waals surface area contributed by atoms with Gasteiger partial charge in [-0.2, -0.15) is 0 Å². The van der Waals surface area contributed by atoms with Crippen molar-refractivity contribution in [3.8, 4) is 11.5 Å². The van der Waals surface area contributed by atoms with Crippen LogP contribution in [0.5, 0.6) is 11.5 Å². The van der Waals surface area contributed by atoms with Crippen molar-refractivity contribution in [2.75, 3.05) is 18.7 Å². The number of halogens is 1. The predicted octanol–water partition coefficient (Wildman–Crippen LogP) is 3.66. The lowest BCUT2D eigenvalue weighted by Crippen LogP contribution is -2.38. The molecule has 6 heteroatoms. The zero-order chi connectivity index (χ0) is 15.8. The highest BCUT2D eigenvalue weighted by molar-refractivity contribution is 6.30. The summed E-state index contributed by atoms with van der Waals surface area (Å²) >= 11 is 5.85. The van der Waals surface area contributed by atoms with Crippen LogP contribution in [0.25, 0.3) is 0 Å². The first-order valence-corrected chi connectivity index (χ1v) is 7.80. The van der Waals surface area contributed by atoms with E-state index in [9.17, 15) is 4.79 Å². The maximum atomic E-state index is 12.4. The molecule has 118 valence electrons. The zero-order valence-corrected chi connectivity index (χ0v) is 13.1. The van der Waals surface area contributed by atoms with Gasteiger partial charge in [-0.1, -0.05) is 11.6 Å². The fourth-order valence-corrected chi connectivity index (χ4v) is 2.98. The second kappa shape index (κ2) is 5.66. The molecule has 0 atom stereocenters. The Bertz CT molecular complexity index is 761. The van der Waals surface area contributed by atoms with Crippen LogP contribution in [0.4, 0.5) is 10.5 Å². The molecule has 5 nitrogen and oxygen atoms in total. The van der Waals surface area contributed by atoms with E-state index in [1.54, 1.807) is 29.2 Å². The highest BCUT2D eigenvalue weighted by Crippen LogP contribution is 2.36. The molecular weight excluding hydrogens is 316 g/mol. The molecule has 2 aromatic carbocycles. The van der Waals surface area contributed by atoms with Crippen LogP contribution in [-0.2, 0) is 13.0 Å². The number of fused-ring (bicyclic) bond motifs is 2. The van der Waals surface area contributed by atoms with Gasteiger partial charge in [-0.3, -0.25) is 0 Å². The number of hydrogen-bond donors (Lipinski definition) is 1. The van der Waals surface area contributed by atoms with Crippen molar-refractivity contribution in [1.82, 2.24) is 4.90 Å². The Hall–Kier alpha value is -2.40. The van der Waals surface area contributed by atoms with E-state index in [2.05, 4.69) is 5.32 Å². The third kappa shape index (κ3) is 2.80. The third-order valence-electron chi connectivity index (χ3n) is 4.09. The van der Waals surface area contributed by atoms with Crippen molar-refractivity contribution in [1.29, 1.82) is 0 Å². The van der Waals surface area contributed by atoms with Crippen LogP contribution in [0.3, 0.4) is 0 Å². The van der Waals surface area contributed by atoms with E-state index in [4.69, 9.17) is 21.1 Å². The molecule has 0 bridgehead atoms. The van der Waals surface area contributed by atoms with E-state index in [0.29, 0.717) is 18.1 Å². The summed E-state index contributed by atoms with van der Waals surface area (Å²) in [6.45, 7) is 1.50. The number of anilines is 1. The van der Waals surface area contributed by atoms with E-state index < -0.39 is 0 Å². The molecule has 0 radical (unpaired) electrons. The van der Waals surface area contributed by atoms with E-state index in [-0.39, 0.29) is 12.8 Å². The second-order valence-electron chi connectivity index (χ2n) is 5.58. The molecular formula is C17H15ClN2O3. The second-order valence-corrected chi connectivity index (χ2v) is 6.02. The number of carbonyl (C=O) groups is 1. The van der Waals surface area contributed by atoms with E-state index in [1.807, 2.05) is 12.1 Å². The average Bonchev–Trinajstić information content (AvgIpc) is 3.01. The molecule has 0 fully saturated rings. The number of hydrogen-bond acceptors (Lipinski definition) is 3. The molecule has 2 aliphatic rings. The number of ether oxygens (including phenoxy) is 2. The van der Waals surface area contributed by atoms with E-state index in [1.165, 1.54) is 5.56 Å². The summed E-state index contributed by atoms with van der Waals surface area (Å²) < 4.78 is 10.8. The smallest absolute Gasteiger partial charge is 0.322 e. The molecule has 2 heterocycles. The third-order valence-corrected chi connectivity index (χ3v) is 4.34. The Morgan fingerprint density at radius 2 is 1.78 bits per heavy atom. The van der Waals surface area contributed by atoms with Gasteiger partial charge >= 0.3 is 6.03 Å². The number of rotatable bonds is 1. The SMILES string of the molecule is O=C(Nc1ccc(Cl)cc1)N1CCc2cc3c(cc2C1)OCO3. The highest BCUT2D eigenvalue weighted by atomic mass is 35.5. The van der Waals surface area contributed by atoms with E-state index in [0.717, 1.165) is 29.2 Å². The van der Waals surface area contributed by atoms with Crippen LogP contribution in [0, 0.1) is 0 Å². The van der Waals surface area contributed by atoms with Crippen molar-refractivity contribution >= 4 is 23.3 Å². The molecule has 0 unspecified atom stereocenters. The fraction of sp³-hybridized carbons (Fsp3) is 0.235. The Morgan fingerprint density at radius 1 is 1.09 bits per heavy atom. The van der Waals surface area contributed by atoms with E-state index >= 15 is 0 Å². The first kappa shape index (κ1) is 14.2. The van der Waals surface area contributed by atoms with Crippen molar-refractivity contribution in [2.24, 2.45) is 0 Å². The van der Waals surface area contributed by atoms with Gasteiger partial charge in [-0.05, 0) is 53.9 Å². The number of benzene rings is 2. The molecule has 0 saturated heterocycles. The Morgan fingerprint density at radius 3 is 2.52 bits per heavy atom. The Balaban J connectivity index is 1.49. The molecule has 0 saturated carbocycles. The molecule has 0 aromatic heterocycles. The van der Waals surface area contributed by atoms with Gasteiger partial charge in [0.2, 0.25) is 6.79 Å². The first-order valence-electron chi connectivity index (χ1n) is 7.42. The standard InChI is InChI=1S/C17H15ClN2O3/c18-13-1-3-14(4-2-13)19-17(21)20-6-5-11-7-15-16(23-10-22-15)8-12(11)9-20/h1-4,7-8H,5-6,9-10H2,(H,19,21). The van der Waals surface area contributed by atoms with Gasteiger partial charge < -0.3 is 19.7 Å². The van der Waals surface area contributed by atoms with Crippen molar-refractivity contribution in [3.63, 3.8) is 0 Å². The minimum atomic E-state index is -0.115. The highest BCUT2D eigenvalue weighted by Gasteiger charge is 2.24. The lowest BCUT2D eigenvalue weighted by Gasteiger charge is -2.29. The molecule has 4 rings (SSSR count). The summed E-state index contributed by atoms with van der Waals surface area (Å²) in [6, 6.07) is 11.0. The molecule has 2 aromatic rings. The van der Waals surface area contributed by atoms with Crippen LogP contribution < -0.4 is 14.8 Å². The molecule has 2 aliphatic heterocycles. The largest absolute Gasteiger partial charge is 0.454 e. The van der Waals surface area contributed by atoms with Gasteiger partial charge in [-0.25, -0.2) is 4.79 Å². The number of urea groups is 1. The van der Waals surface area contributed by atoms with Gasteiger partial charge in [0, 0.05) is 23.8 Å². The summed E-state index contributed by atoms with van der Waals surface area (Å²) in [5.74, 6) is 1.55. The molecule has 1 N–H and O–H groups in total. The Labute approximate surface area is 138 Å². The van der Waals surface area contributed by atoms with Crippen LogP contribution in [0.2, 0.25) is 5.02 Å². The van der Waals surface area contributed by atoms with Crippen LogP contribution >= 0.6 is 11.6 Å². The Kier molecular flexibility index (Phi) is 3.50. The minimum absolute atomic E-state index is 0.115. The van der Waals surface area contributed by atoms with Gasteiger partial charge in [0.1, 0.15) is 0 Å². The fourth-order valence-electron chi connectivity index (χ4n) is 2.86. The normalized spacial score (nSPS) is 15.3. The summed E-state index contributed by atoms with van der Waals surface area (Å²) in [6.07, 6.45) is 0.806. The number of nitrogens with zero attached hydrogens (tertiary/aromatic N) is 1. The lowest BCUT2D eigenvalue weighted by atomic mass is 9.99. The number of carbonyl (C=O) groups excluding carboxylic acids is 1.